The Bertz CT molecular complexity index is 201. The zero-order valence-corrected chi connectivity index (χ0v) is 8.84. The Kier molecular flexibility index (Phi) is 4.64. The molecule has 1 atom stereocenters. The predicted molar refractivity (Wildman–Crippen MR) is 44.6 cm³/mol. The first-order chi connectivity index (χ1) is 6.95. The third-order valence-electron chi connectivity index (χ3n) is 2.58. The van der Waals surface area contributed by atoms with Crippen LogP contribution in [-0.2, 0) is 0 Å². The van der Waals surface area contributed by atoms with Crippen LogP contribution in [0.4, 0.5) is 30.7 Å². The summed E-state index contributed by atoms with van der Waals surface area (Å²) in [6.45, 7) is 3.10. The summed E-state index contributed by atoms with van der Waals surface area (Å²) < 4.78 is 85.4. The van der Waals surface area contributed by atoms with Gasteiger partial charge in [-0.15, -0.1) is 0 Å². The molecule has 16 heavy (non-hydrogen) atoms. The van der Waals surface area contributed by atoms with Gasteiger partial charge in [0.15, 0.2) is 0 Å². The van der Waals surface area contributed by atoms with Crippen molar-refractivity contribution in [3.63, 3.8) is 0 Å². The van der Waals surface area contributed by atoms with Crippen LogP contribution in [0.5, 0.6) is 0 Å². The Morgan fingerprint density at radius 3 is 1.50 bits per heavy atom. The van der Waals surface area contributed by atoms with Crippen molar-refractivity contribution in [1.29, 1.82) is 0 Å². The van der Waals surface area contributed by atoms with Crippen molar-refractivity contribution in [3.8, 4) is 0 Å². The van der Waals surface area contributed by atoms with Crippen molar-refractivity contribution in [2.75, 3.05) is 0 Å². The maximum Gasteiger partial charge on any atom is 0.431 e. The molecule has 0 aromatic heterocycles. The van der Waals surface area contributed by atoms with E-state index in [1.165, 1.54) is 6.92 Å². The second-order valence-electron chi connectivity index (χ2n) is 3.85. The molecule has 0 bridgehead atoms. The van der Waals surface area contributed by atoms with Gasteiger partial charge < -0.3 is 0 Å². The lowest BCUT2D eigenvalue weighted by Crippen LogP contribution is -2.53. The van der Waals surface area contributed by atoms with Crippen LogP contribution in [0.15, 0.2) is 0 Å². The minimum atomic E-state index is -5.92. The van der Waals surface area contributed by atoms with Crippen LogP contribution in [0, 0.1) is 5.92 Å². The highest BCUT2D eigenvalue weighted by Gasteiger charge is 2.71. The molecule has 0 saturated carbocycles. The van der Waals surface area contributed by atoms with E-state index in [0.29, 0.717) is 6.42 Å². The number of alkyl halides is 7. The van der Waals surface area contributed by atoms with Gasteiger partial charge in [0, 0.05) is 0 Å². The van der Waals surface area contributed by atoms with Crippen molar-refractivity contribution in [2.45, 2.75) is 51.1 Å². The average Bonchev–Trinajstić information content (AvgIpc) is 2.09. The molecule has 0 N–H and O–H groups in total. The summed E-state index contributed by atoms with van der Waals surface area (Å²) in [5.74, 6) is -0.375. The molecule has 0 amide bonds. The smallest absolute Gasteiger partial charge is 0.224 e. The summed E-state index contributed by atoms with van der Waals surface area (Å²) in [4.78, 5) is 0. The highest BCUT2D eigenvalue weighted by molar-refractivity contribution is 4.94. The summed E-state index contributed by atoms with van der Waals surface area (Å²) in [6, 6.07) is 0. The average molecular weight is 254 g/mol. The summed E-state index contributed by atoms with van der Waals surface area (Å²) in [7, 11) is 0. The van der Waals surface area contributed by atoms with E-state index in [1.807, 2.05) is 0 Å². The lowest BCUT2D eigenvalue weighted by atomic mass is 9.92. The van der Waals surface area contributed by atoms with Crippen LogP contribution < -0.4 is 0 Å². The fourth-order valence-corrected chi connectivity index (χ4v) is 1.09. The number of hydrogen-bond acceptors (Lipinski definition) is 0. The van der Waals surface area contributed by atoms with Crippen LogP contribution >= 0.6 is 0 Å². The van der Waals surface area contributed by atoms with Gasteiger partial charge in [0.2, 0.25) is 0 Å². The molecular weight excluding hydrogens is 241 g/mol. The third kappa shape index (κ3) is 3.25. The molecule has 0 aromatic rings. The van der Waals surface area contributed by atoms with Crippen LogP contribution in [0.1, 0.15) is 33.1 Å². The zero-order chi connectivity index (χ0) is 13.2. The van der Waals surface area contributed by atoms with E-state index in [1.54, 1.807) is 6.92 Å². The summed E-state index contributed by atoms with van der Waals surface area (Å²) in [5, 5.41) is 0. The SMILES string of the molecule is CCC(C)CCC(F)(C(F)(F)F)C(F)(F)F. The molecule has 0 nitrogen and oxygen atoms in total. The monoisotopic (exact) mass is 254 g/mol. The highest BCUT2D eigenvalue weighted by Crippen LogP contribution is 2.49. The van der Waals surface area contributed by atoms with E-state index in [0.717, 1.165) is 0 Å². The lowest BCUT2D eigenvalue weighted by molar-refractivity contribution is -0.343. The highest BCUT2D eigenvalue weighted by atomic mass is 19.4. The van der Waals surface area contributed by atoms with Crippen LogP contribution in [0.3, 0.4) is 0 Å². The summed E-state index contributed by atoms with van der Waals surface area (Å²) >= 11 is 0. The number of halogens is 7. The maximum atomic E-state index is 13.1. The molecule has 7 heteroatoms. The van der Waals surface area contributed by atoms with Gasteiger partial charge in [-0.3, -0.25) is 0 Å². The van der Waals surface area contributed by atoms with Crippen LogP contribution in [0.2, 0.25) is 0 Å². The second kappa shape index (κ2) is 4.79. The molecule has 0 aliphatic heterocycles. The molecule has 0 fully saturated rings. The van der Waals surface area contributed by atoms with Gasteiger partial charge in [-0.25, -0.2) is 4.39 Å². The van der Waals surface area contributed by atoms with E-state index in [2.05, 4.69) is 0 Å². The quantitative estimate of drug-likeness (QED) is 0.641. The van der Waals surface area contributed by atoms with Gasteiger partial charge in [0.25, 0.3) is 5.67 Å². The Morgan fingerprint density at radius 1 is 0.875 bits per heavy atom. The number of hydrogen-bond donors (Lipinski definition) is 0. The molecule has 0 radical (unpaired) electrons. The Hall–Kier alpha value is -0.490. The van der Waals surface area contributed by atoms with Gasteiger partial charge in [-0.05, 0) is 18.8 Å². The first kappa shape index (κ1) is 15.5. The molecule has 0 saturated heterocycles. The number of rotatable bonds is 4. The fourth-order valence-electron chi connectivity index (χ4n) is 1.09. The van der Waals surface area contributed by atoms with Crippen molar-refractivity contribution in [3.05, 3.63) is 0 Å². The van der Waals surface area contributed by atoms with Crippen LogP contribution in [-0.4, -0.2) is 18.0 Å². The van der Waals surface area contributed by atoms with Gasteiger partial charge in [0.1, 0.15) is 0 Å². The normalized spacial score (nSPS) is 16.3. The summed E-state index contributed by atoms with van der Waals surface area (Å²) in [6.07, 6.45) is -13.5. The minimum absolute atomic E-state index is 0.375. The standard InChI is InChI=1S/C9H13F7/c1-3-6(2)4-5-7(10,8(11,12)13)9(14,15)16/h6H,3-5H2,1-2H3. The fraction of sp³-hybridized carbons (Fsp3) is 1.00. The van der Waals surface area contributed by atoms with E-state index in [-0.39, 0.29) is 5.92 Å². The van der Waals surface area contributed by atoms with Gasteiger partial charge in [0.05, 0.1) is 0 Å². The Labute approximate surface area is 88.8 Å². The molecule has 0 aliphatic rings. The molecule has 0 heterocycles. The van der Waals surface area contributed by atoms with Gasteiger partial charge >= 0.3 is 12.4 Å². The van der Waals surface area contributed by atoms with Crippen molar-refractivity contribution in [1.82, 2.24) is 0 Å². The largest absolute Gasteiger partial charge is 0.431 e. The minimum Gasteiger partial charge on any atom is -0.224 e. The van der Waals surface area contributed by atoms with Crippen molar-refractivity contribution in [2.24, 2.45) is 5.92 Å². The maximum absolute atomic E-state index is 13.1. The molecule has 0 rings (SSSR count). The van der Waals surface area contributed by atoms with E-state index in [4.69, 9.17) is 0 Å². The molecule has 98 valence electrons. The molecule has 0 spiro atoms. The molecule has 1 unspecified atom stereocenters. The first-order valence-electron chi connectivity index (χ1n) is 4.78. The van der Waals surface area contributed by atoms with Gasteiger partial charge in [-0.1, -0.05) is 20.3 Å². The summed E-state index contributed by atoms with van der Waals surface area (Å²) in [5.41, 5.74) is -5.09. The molecule has 0 aliphatic carbocycles. The van der Waals surface area contributed by atoms with Crippen molar-refractivity contribution >= 4 is 0 Å². The van der Waals surface area contributed by atoms with Gasteiger partial charge in [-0.2, -0.15) is 26.3 Å². The second-order valence-corrected chi connectivity index (χ2v) is 3.85. The van der Waals surface area contributed by atoms with E-state index < -0.39 is 30.9 Å². The topological polar surface area (TPSA) is 0 Å². The van der Waals surface area contributed by atoms with Crippen LogP contribution in [0.25, 0.3) is 0 Å². The van der Waals surface area contributed by atoms with Crippen molar-refractivity contribution < 1.29 is 30.7 Å². The van der Waals surface area contributed by atoms with E-state index >= 15 is 0 Å². The third-order valence-corrected chi connectivity index (χ3v) is 2.58. The predicted octanol–water partition coefficient (Wildman–Crippen LogP) is 4.65. The lowest BCUT2D eigenvalue weighted by Gasteiger charge is -2.30. The molecule has 0 aromatic carbocycles. The zero-order valence-electron chi connectivity index (χ0n) is 8.84. The Balaban J connectivity index is 4.85. The van der Waals surface area contributed by atoms with E-state index in [9.17, 15) is 30.7 Å². The first-order valence-corrected chi connectivity index (χ1v) is 4.78. The Morgan fingerprint density at radius 2 is 1.25 bits per heavy atom. The molecular formula is C9H13F7.